The monoisotopic (exact) mass is 302 g/mol. The normalized spacial score (nSPS) is 12.2. The number of nitrogens with one attached hydrogen (secondary N) is 1. The maximum atomic E-state index is 13.6. The quantitative estimate of drug-likeness (QED) is 0.826. The SMILES string of the molecule is Cc1cc(CNC(C)CN)ccc1OCc1ccccc1F. The molecule has 1 atom stereocenters. The molecule has 0 bridgehead atoms. The van der Waals surface area contributed by atoms with Crippen LogP contribution < -0.4 is 15.8 Å². The van der Waals surface area contributed by atoms with E-state index in [9.17, 15) is 4.39 Å². The Morgan fingerprint density at radius 3 is 2.68 bits per heavy atom. The van der Waals surface area contributed by atoms with E-state index in [4.69, 9.17) is 10.5 Å². The summed E-state index contributed by atoms with van der Waals surface area (Å²) in [6.07, 6.45) is 0. The van der Waals surface area contributed by atoms with Gasteiger partial charge in [-0.25, -0.2) is 4.39 Å². The number of nitrogens with two attached hydrogens (primary N) is 1. The van der Waals surface area contributed by atoms with Crippen molar-refractivity contribution in [1.82, 2.24) is 5.32 Å². The molecule has 0 fully saturated rings. The second kappa shape index (κ2) is 7.92. The van der Waals surface area contributed by atoms with E-state index >= 15 is 0 Å². The van der Waals surface area contributed by atoms with Crippen LogP contribution >= 0.6 is 0 Å². The molecule has 0 aromatic heterocycles. The molecule has 0 radical (unpaired) electrons. The predicted molar refractivity (Wildman–Crippen MR) is 87.3 cm³/mol. The average molecular weight is 302 g/mol. The lowest BCUT2D eigenvalue weighted by Gasteiger charge is -2.14. The molecule has 1 unspecified atom stereocenters. The van der Waals surface area contributed by atoms with Crippen molar-refractivity contribution >= 4 is 0 Å². The molecule has 0 saturated heterocycles. The Labute approximate surface area is 131 Å². The summed E-state index contributed by atoms with van der Waals surface area (Å²) in [7, 11) is 0. The number of rotatable bonds is 7. The number of hydrogen-bond donors (Lipinski definition) is 2. The van der Waals surface area contributed by atoms with Gasteiger partial charge in [-0.1, -0.05) is 30.3 Å². The van der Waals surface area contributed by atoms with Crippen LogP contribution in [0.3, 0.4) is 0 Å². The van der Waals surface area contributed by atoms with Crippen LogP contribution in [0.25, 0.3) is 0 Å². The number of halogens is 1. The summed E-state index contributed by atoms with van der Waals surface area (Å²) < 4.78 is 19.3. The Hall–Kier alpha value is -1.91. The molecule has 4 heteroatoms. The third-order valence-electron chi connectivity index (χ3n) is 3.59. The molecule has 22 heavy (non-hydrogen) atoms. The van der Waals surface area contributed by atoms with Gasteiger partial charge in [0.15, 0.2) is 0 Å². The molecular weight excluding hydrogens is 279 g/mol. The summed E-state index contributed by atoms with van der Waals surface area (Å²) in [6, 6.07) is 13.0. The van der Waals surface area contributed by atoms with Gasteiger partial charge < -0.3 is 15.8 Å². The molecule has 0 saturated carbocycles. The van der Waals surface area contributed by atoms with Crippen molar-refractivity contribution in [1.29, 1.82) is 0 Å². The first-order chi connectivity index (χ1) is 10.6. The molecule has 118 valence electrons. The summed E-state index contributed by atoms with van der Waals surface area (Å²) in [5, 5.41) is 3.35. The lowest BCUT2D eigenvalue weighted by Crippen LogP contribution is -2.32. The van der Waals surface area contributed by atoms with Crippen molar-refractivity contribution in [3.05, 3.63) is 65.0 Å². The van der Waals surface area contributed by atoms with Gasteiger partial charge >= 0.3 is 0 Å². The van der Waals surface area contributed by atoms with Crippen LogP contribution in [0.2, 0.25) is 0 Å². The average Bonchev–Trinajstić information content (AvgIpc) is 2.53. The summed E-state index contributed by atoms with van der Waals surface area (Å²) in [5.74, 6) is 0.538. The molecule has 2 rings (SSSR count). The maximum Gasteiger partial charge on any atom is 0.129 e. The molecular formula is C18H23FN2O. The Kier molecular flexibility index (Phi) is 5.92. The van der Waals surface area contributed by atoms with Gasteiger partial charge in [-0.2, -0.15) is 0 Å². The molecule has 3 nitrogen and oxygen atoms in total. The highest BCUT2D eigenvalue weighted by Crippen LogP contribution is 2.21. The van der Waals surface area contributed by atoms with Gasteiger partial charge in [0.2, 0.25) is 0 Å². The zero-order chi connectivity index (χ0) is 15.9. The third kappa shape index (κ3) is 4.55. The fourth-order valence-corrected chi connectivity index (χ4v) is 2.13. The highest BCUT2D eigenvalue weighted by atomic mass is 19.1. The van der Waals surface area contributed by atoms with Crippen molar-refractivity contribution in [2.24, 2.45) is 5.73 Å². The van der Waals surface area contributed by atoms with Gasteiger partial charge in [0.1, 0.15) is 18.2 Å². The number of benzene rings is 2. The zero-order valence-corrected chi connectivity index (χ0v) is 13.1. The van der Waals surface area contributed by atoms with E-state index in [0.717, 1.165) is 17.9 Å². The summed E-state index contributed by atoms with van der Waals surface area (Å²) >= 11 is 0. The van der Waals surface area contributed by atoms with E-state index in [0.29, 0.717) is 12.1 Å². The fraction of sp³-hybridized carbons (Fsp3) is 0.333. The van der Waals surface area contributed by atoms with Crippen LogP contribution in [-0.2, 0) is 13.2 Å². The highest BCUT2D eigenvalue weighted by molar-refractivity contribution is 5.36. The number of ether oxygens (including phenoxy) is 1. The second-order valence-electron chi connectivity index (χ2n) is 5.50. The summed E-state index contributed by atoms with van der Waals surface area (Å²) in [6.45, 7) is 5.66. The predicted octanol–water partition coefficient (Wildman–Crippen LogP) is 3.15. The summed E-state index contributed by atoms with van der Waals surface area (Å²) in [4.78, 5) is 0. The van der Waals surface area contributed by atoms with Crippen molar-refractivity contribution in [2.45, 2.75) is 33.0 Å². The Balaban J connectivity index is 1.96. The Bertz CT molecular complexity index is 616. The van der Waals surface area contributed by atoms with Crippen LogP contribution in [0.1, 0.15) is 23.6 Å². The minimum Gasteiger partial charge on any atom is -0.489 e. The molecule has 0 spiro atoms. The van der Waals surface area contributed by atoms with E-state index < -0.39 is 0 Å². The smallest absolute Gasteiger partial charge is 0.129 e. The first-order valence-corrected chi connectivity index (χ1v) is 7.49. The molecule has 0 aliphatic heterocycles. The second-order valence-corrected chi connectivity index (χ2v) is 5.50. The van der Waals surface area contributed by atoms with Crippen molar-refractivity contribution in [3.8, 4) is 5.75 Å². The molecule has 0 heterocycles. The molecule has 0 amide bonds. The van der Waals surface area contributed by atoms with Gasteiger partial charge in [0.05, 0.1) is 0 Å². The molecule has 2 aromatic carbocycles. The van der Waals surface area contributed by atoms with E-state index in [-0.39, 0.29) is 18.5 Å². The van der Waals surface area contributed by atoms with Crippen LogP contribution in [0, 0.1) is 12.7 Å². The minimum atomic E-state index is -0.239. The van der Waals surface area contributed by atoms with Crippen LogP contribution in [0.15, 0.2) is 42.5 Å². The number of aryl methyl sites for hydroxylation is 1. The van der Waals surface area contributed by atoms with Gasteiger partial charge in [-0.3, -0.25) is 0 Å². The van der Waals surface area contributed by atoms with Gasteiger partial charge in [0, 0.05) is 24.7 Å². The van der Waals surface area contributed by atoms with Crippen molar-refractivity contribution < 1.29 is 9.13 Å². The fourth-order valence-electron chi connectivity index (χ4n) is 2.13. The van der Waals surface area contributed by atoms with Crippen LogP contribution in [0.4, 0.5) is 4.39 Å². The van der Waals surface area contributed by atoms with Crippen molar-refractivity contribution in [3.63, 3.8) is 0 Å². The standard InChI is InChI=1S/C18H23FN2O/c1-13-9-15(11-21-14(2)10-20)7-8-18(13)22-12-16-5-3-4-6-17(16)19/h3-9,14,21H,10-12,20H2,1-2H3. The maximum absolute atomic E-state index is 13.6. The van der Waals surface area contributed by atoms with Gasteiger partial charge in [-0.15, -0.1) is 0 Å². The number of hydrogen-bond acceptors (Lipinski definition) is 3. The van der Waals surface area contributed by atoms with E-state index in [1.807, 2.05) is 25.1 Å². The minimum absolute atomic E-state index is 0.231. The Morgan fingerprint density at radius 1 is 1.23 bits per heavy atom. The molecule has 3 N–H and O–H groups in total. The summed E-state index contributed by atoms with van der Waals surface area (Å²) in [5.41, 5.74) is 8.36. The van der Waals surface area contributed by atoms with Gasteiger partial charge in [-0.05, 0) is 37.1 Å². The zero-order valence-electron chi connectivity index (χ0n) is 13.1. The Morgan fingerprint density at radius 2 is 2.00 bits per heavy atom. The van der Waals surface area contributed by atoms with Crippen LogP contribution in [0.5, 0.6) is 5.75 Å². The van der Waals surface area contributed by atoms with E-state index in [2.05, 4.69) is 18.3 Å². The lowest BCUT2D eigenvalue weighted by molar-refractivity contribution is 0.297. The largest absolute Gasteiger partial charge is 0.489 e. The first kappa shape index (κ1) is 16.5. The highest BCUT2D eigenvalue weighted by Gasteiger charge is 2.05. The topological polar surface area (TPSA) is 47.3 Å². The van der Waals surface area contributed by atoms with Gasteiger partial charge in [0.25, 0.3) is 0 Å². The first-order valence-electron chi connectivity index (χ1n) is 7.49. The molecule has 2 aromatic rings. The van der Waals surface area contributed by atoms with Crippen LogP contribution in [-0.4, -0.2) is 12.6 Å². The van der Waals surface area contributed by atoms with E-state index in [1.54, 1.807) is 12.1 Å². The lowest BCUT2D eigenvalue weighted by atomic mass is 10.1. The van der Waals surface area contributed by atoms with E-state index in [1.165, 1.54) is 11.6 Å². The van der Waals surface area contributed by atoms with Crippen molar-refractivity contribution in [2.75, 3.05) is 6.54 Å². The third-order valence-corrected chi connectivity index (χ3v) is 3.59. The molecule has 0 aliphatic carbocycles. The molecule has 0 aliphatic rings.